The zero-order valence-electron chi connectivity index (χ0n) is 8.32. The molecule has 0 saturated carbocycles. The standard InChI is InChI=1S/C10H13N3O2/c11-6-8-3-4-9(15-8)7-13-5-1-2-10(12)14/h3-4,13H,1-2,5,7H2,(H2,12,14). The van der Waals surface area contributed by atoms with Crippen molar-refractivity contribution in [2.24, 2.45) is 5.73 Å². The zero-order chi connectivity index (χ0) is 11.1. The summed E-state index contributed by atoms with van der Waals surface area (Å²) in [4.78, 5) is 10.4. The van der Waals surface area contributed by atoms with E-state index in [1.165, 1.54) is 0 Å². The van der Waals surface area contributed by atoms with Gasteiger partial charge in [0.25, 0.3) is 0 Å². The number of amides is 1. The van der Waals surface area contributed by atoms with Crippen molar-refractivity contribution in [3.8, 4) is 6.07 Å². The van der Waals surface area contributed by atoms with E-state index in [4.69, 9.17) is 15.4 Å². The Morgan fingerprint density at radius 1 is 1.60 bits per heavy atom. The van der Waals surface area contributed by atoms with Crippen molar-refractivity contribution in [2.45, 2.75) is 19.4 Å². The van der Waals surface area contributed by atoms with Crippen LogP contribution in [0.1, 0.15) is 24.4 Å². The number of nitrogens with one attached hydrogen (secondary N) is 1. The molecule has 0 aliphatic heterocycles. The smallest absolute Gasteiger partial charge is 0.217 e. The molecule has 0 aliphatic carbocycles. The number of furan rings is 1. The first-order valence-electron chi connectivity index (χ1n) is 4.70. The van der Waals surface area contributed by atoms with E-state index in [2.05, 4.69) is 5.32 Å². The van der Waals surface area contributed by atoms with Gasteiger partial charge in [-0.1, -0.05) is 0 Å². The molecular weight excluding hydrogens is 194 g/mol. The van der Waals surface area contributed by atoms with Crippen LogP contribution >= 0.6 is 0 Å². The van der Waals surface area contributed by atoms with Gasteiger partial charge >= 0.3 is 0 Å². The summed E-state index contributed by atoms with van der Waals surface area (Å²) in [5.41, 5.74) is 4.99. The lowest BCUT2D eigenvalue weighted by Crippen LogP contribution is -2.17. The van der Waals surface area contributed by atoms with Gasteiger partial charge in [0.15, 0.2) is 0 Å². The number of hydrogen-bond acceptors (Lipinski definition) is 4. The van der Waals surface area contributed by atoms with Crippen LogP contribution in [0.2, 0.25) is 0 Å². The Balaban J connectivity index is 2.15. The number of carbonyl (C=O) groups excluding carboxylic acids is 1. The van der Waals surface area contributed by atoms with Crippen molar-refractivity contribution in [3.63, 3.8) is 0 Å². The highest BCUT2D eigenvalue weighted by Gasteiger charge is 2.00. The summed E-state index contributed by atoms with van der Waals surface area (Å²) in [5.74, 6) is 0.733. The van der Waals surface area contributed by atoms with Crippen molar-refractivity contribution in [1.82, 2.24) is 5.32 Å². The molecule has 5 nitrogen and oxygen atoms in total. The second-order valence-corrected chi connectivity index (χ2v) is 3.12. The van der Waals surface area contributed by atoms with Crippen LogP contribution in [0.5, 0.6) is 0 Å². The molecule has 0 aromatic carbocycles. The molecule has 15 heavy (non-hydrogen) atoms. The number of rotatable bonds is 6. The maximum absolute atomic E-state index is 10.4. The number of carbonyl (C=O) groups is 1. The molecule has 1 aromatic rings. The van der Waals surface area contributed by atoms with Crippen molar-refractivity contribution in [1.29, 1.82) is 5.26 Å². The maximum atomic E-state index is 10.4. The number of nitrogens with zero attached hydrogens (tertiary/aromatic N) is 1. The van der Waals surface area contributed by atoms with Crippen LogP contribution in [0.4, 0.5) is 0 Å². The fourth-order valence-electron chi connectivity index (χ4n) is 1.13. The van der Waals surface area contributed by atoms with E-state index in [0.717, 1.165) is 0 Å². The minimum absolute atomic E-state index is 0.290. The summed E-state index contributed by atoms with van der Waals surface area (Å²) in [7, 11) is 0. The van der Waals surface area contributed by atoms with Crippen LogP contribution in [0.25, 0.3) is 0 Å². The van der Waals surface area contributed by atoms with Crippen molar-refractivity contribution in [3.05, 3.63) is 23.7 Å². The average molecular weight is 207 g/mol. The minimum Gasteiger partial charge on any atom is -0.449 e. The third kappa shape index (κ3) is 4.29. The molecule has 1 aromatic heterocycles. The van der Waals surface area contributed by atoms with Gasteiger partial charge in [0.05, 0.1) is 6.54 Å². The topological polar surface area (TPSA) is 92.0 Å². The van der Waals surface area contributed by atoms with Crippen LogP contribution < -0.4 is 11.1 Å². The average Bonchev–Trinajstić information content (AvgIpc) is 2.65. The van der Waals surface area contributed by atoms with Crippen LogP contribution in [-0.4, -0.2) is 12.5 Å². The molecule has 0 saturated heterocycles. The van der Waals surface area contributed by atoms with Gasteiger partial charge in [0.1, 0.15) is 11.8 Å². The van der Waals surface area contributed by atoms with Crippen molar-refractivity contribution < 1.29 is 9.21 Å². The summed E-state index contributed by atoms with van der Waals surface area (Å²) in [6.07, 6.45) is 1.09. The molecule has 1 heterocycles. The Morgan fingerprint density at radius 3 is 3.00 bits per heavy atom. The summed E-state index contributed by atoms with van der Waals surface area (Å²) >= 11 is 0. The van der Waals surface area contributed by atoms with Gasteiger partial charge in [-0.2, -0.15) is 5.26 Å². The molecule has 3 N–H and O–H groups in total. The molecule has 0 atom stereocenters. The quantitative estimate of drug-likeness (QED) is 0.664. The fraction of sp³-hybridized carbons (Fsp3) is 0.400. The van der Waals surface area contributed by atoms with Gasteiger partial charge in [0, 0.05) is 6.42 Å². The van der Waals surface area contributed by atoms with Crippen molar-refractivity contribution in [2.75, 3.05) is 6.54 Å². The molecule has 0 unspecified atom stereocenters. The third-order valence-electron chi connectivity index (χ3n) is 1.85. The second kappa shape index (κ2) is 5.83. The molecular formula is C10H13N3O2. The van der Waals surface area contributed by atoms with Gasteiger partial charge in [-0.25, -0.2) is 0 Å². The van der Waals surface area contributed by atoms with Gasteiger partial charge in [-0.05, 0) is 25.1 Å². The van der Waals surface area contributed by atoms with Crippen molar-refractivity contribution >= 4 is 5.91 Å². The Hall–Kier alpha value is -1.80. The van der Waals surface area contributed by atoms with Gasteiger partial charge in [-0.15, -0.1) is 0 Å². The van der Waals surface area contributed by atoms with Crippen LogP contribution in [-0.2, 0) is 11.3 Å². The third-order valence-corrected chi connectivity index (χ3v) is 1.85. The van der Waals surface area contributed by atoms with Gasteiger partial charge < -0.3 is 15.5 Å². The molecule has 0 fully saturated rings. The minimum atomic E-state index is -0.290. The lowest BCUT2D eigenvalue weighted by atomic mass is 10.3. The Kier molecular flexibility index (Phi) is 4.38. The second-order valence-electron chi connectivity index (χ2n) is 3.12. The molecule has 0 radical (unpaired) electrons. The molecule has 0 spiro atoms. The first-order chi connectivity index (χ1) is 7.22. The highest BCUT2D eigenvalue weighted by Crippen LogP contribution is 2.05. The van der Waals surface area contributed by atoms with E-state index >= 15 is 0 Å². The Morgan fingerprint density at radius 2 is 2.40 bits per heavy atom. The monoisotopic (exact) mass is 207 g/mol. The lowest BCUT2D eigenvalue weighted by molar-refractivity contribution is -0.118. The number of nitrogens with two attached hydrogens (primary N) is 1. The number of nitriles is 1. The SMILES string of the molecule is N#Cc1ccc(CNCCCC(N)=O)o1. The molecule has 5 heteroatoms. The molecule has 0 bridgehead atoms. The van der Waals surface area contributed by atoms with E-state index < -0.39 is 0 Å². The zero-order valence-corrected chi connectivity index (χ0v) is 8.32. The van der Waals surface area contributed by atoms with Crippen LogP contribution in [0.15, 0.2) is 16.5 Å². The van der Waals surface area contributed by atoms with Crippen LogP contribution in [0.3, 0.4) is 0 Å². The predicted molar refractivity (Wildman–Crippen MR) is 53.6 cm³/mol. The van der Waals surface area contributed by atoms with E-state index in [0.29, 0.717) is 37.5 Å². The first kappa shape index (κ1) is 11.3. The summed E-state index contributed by atoms with van der Waals surface area (Å²) in [6, 6.07) is 5.28. The number of hydrogen-bond donors (Lipinski definition) is 2. The molecule has 1 rings (SSSR count). The van der Waals surface area contributed by atoms with E-state index in [1.807, 2.05) is 6.07 Å². The summed E-state index contributed by atoms with van der Waals surface area (Å²) in [6.45, 7) is 1.26. The van der Waals surface area contributed by atoms with Crippen LogP contribution in [0, 0.1) is 11.3 Å². The molecule has 0 aliphatic rings. The molecule has 80 valence electrons. The van der Waals surface area contributed by atoms with Gasteiger partial charge in [0.2, 0.25) is 11.7 Å². The largest absolute Gasteiger partial charge is 0.449 e. The van der Waals surface area contributed by atoms with E-state index in [1.54, 1.807) is 12.1 Å². The maximum Gasteiger partial charge on any atom is 0.217 e. The highest BCUT2D eigenvalue weighted by atomic mass is 16.3. The fourth-order valence-corrected chi connectivity index (χ4v) is 1.13. The van der Waals surface area contributed by atoms with E-state index in [-0.39, 0.29) is 5.91 Å². The Bertz CT molecular complexity index is 365. The normalized spacial score (nSPS) is 9.80. The lowest BCUT2D eigenvalue weighted by Gasteiger charge is -2.00. The molecule has 1 amide bonds. The Labute approximate surface area is 87.9 Å². The predicted octanol–water partition coefficient (Wildman–Crippen LogP) is 0.506. The number of primary amides is 1. The highest BCUT2D eigenvalue weighted by molar-refractivity contribution is 5.73. The summed E-state index contributed by atoms with van der Waals surface area (Å²) in [5, 5.41) is 11.6. The first-order valence-corrected chi connectivity index (χ1v) is 4.70. The van der Waals surface area contributed by atoms with Gasteiger partial charge in [-0.3, -0.25) is 4.79 Å². The van der Waals surface area contributed by atoms with E-state index in [9.17, 15) is 4.79 Å². The summed E-state index contributed by atoms with van der Waals surface area (Å²) < 4.78 is 5.15.